The number of benzene rings is 1. The second-order valence-corrected chi connectivity index (χ2v) is 16.0. The summed E-state index contributed by atoms with van der Waals surface area (Å²) in [7, 11) is 0. The highest BCUT2D eigenvalue weighted by Crippen LogP contribution is 2.60. The van der Waals surface area contributed by atoms with Gasteiger partial charge >= 0.3 is 0 Å². The minimum Gasteiger partial charge on any atom is -0.477 e. The van der Waals surface area contributed by atoms with Gasteiger partial charge in [0.15, 0.2) is 0 Å². The molecule has 8 rings (SSSR count). The molecule has 4 atom stereocenters. The zero-order valence-corrected chi connectivity index (χ0v) is 32.5. The van der Waals surface area contributed by atoms with Gasteiger partial charge in [0.25, 0.3) is 0 Å². The van der Waals surface area contributed by atoms with Crippen LogP contribution in [-0.4, -0.2) is 70.2 Å². The van der Waals surface area contributed by atoms with E-state index < -0.39 is 12.1 Å². The number of anilines is 1. The van der Waals surface area contributed by atoms with Gasteiger partial charge in [-0.2, -0.15) is 5.10 Å². The van der Waals surface area contributed by atoms with Gasteiger partial charge in [0, 0.05) is 46.6 Å². The zero-order valence-electron chi connectivity index (χ0n) is 30.9. The third-order valence-electron chi connectivity index (χ3n) is 11.2. The minimum atomic E-state index is -0.873. The van der Waals surface area contributed by atoms with E-state index in [9.17, 15) is 14.7 Å². The maximum absolute atomic E-state index is 14.7. The predicted molar refractivity (Wildman–Crippen MR) is 208 cm³/mol. The Labute approximate surface area is 322 Å². The first-order valence-electron chi connectivity index (χ1n) is 18.9. The highest BCUT2D eigenvalue weighted by molar-refractivity contribution is 9.10. The summed E-state index contributed by atoms with van der Waals surface area (Å²) in [5.74, 6) is 1.21. The summed E-state index contributed by atoms with van der Waals surface area (Å²) in [6, 6.07) is 12.9. The number of aliphatic hydroxyl groups excluding tert-OH is 1. The number of fused-ring (bicyclic) bond motifs is 2. The molecule has 4 bridgehead atoms. The molecule has 1 unspecified atom stereocenters. The molecule has 54 heavy (non-hydrogen) atoms. The number of hydrogen-bond acceptors (Lipinski definition) is 9. The van der Waals surface area contributed by atoms with Crippen LogP contribution in [0.15, 0.2) is 59.5 Å². The molecule has 2 aliphatic heterocycles. The van der Waals surface area contributed by atoms with Gasteiger partial charge in [-0.3, -0.25) is 14.3 Å². The van der Waals surface area contributed by atoms with E-state index in [-0.39, 0.29) is 29.8 Å². The number of nitrogens with zero attached hydrogens (tertiary/aromatic N) is 7. The third kappa shape index (κ3) is 7.23. The zero-order chi connectivity index (χ0) is 37.6. The number of piperidine rings is 1. The van der Waals surface area contributed by atoms with Crippen molar-refractivity contribution in [2.75, 3.05) is 11.9 Å². The maximum Gasteiger partial charge on any atom is 0.248 e. The SMILES string of the molecule is Cc1ncc(-c2cc3c4c(c2)c(C(C)O)nn4CC(=O)N2[C@H](C(=O)Nc4nc(Br)ccc4C)C[C@@]4(COc5cccc(n5)CCCCCCC3)C[C@@H]24)cn1. The van der Waals surface area contributed by atoms with Gasteiger partial charge in [-0.25, -0.2) is 19.9 Å². The van der Waals surface area contributed by atoms with Crippen LogP contribution >= 0.6 is 15.9 Å². The Bertz CT molecular complexity index is 2220. The fourth-order valence-corrected chi connectivity index (χ4v) is 8.57. The lowest BCUT2D eigenvalue weighted by molar-refractivity contribution is -0.138. The summed E-state index contributed by atoms with van der Waals surface area (Å²) < 4.78 is 8.69. The molecule has 1 aromatic carbocycles. The van der Waals surface area contributed by atoms with Gasteiger partial charge in [-0.1, -0.05) is 31.4 Å². The summed E-state index contributed by atoms with van der Waals surface area (Å²) in [5.41, 5.74) is 5.62. The molecule has 0 radical (unpaired) electrons. The van der Waals surface area contributed by atoms with E-state index in [4.69, 9.17) is 14.8 Å². The molecule has 1 saturated carbocycles. The number of halogens is 1. The molecular formula is C41H45BrN8O4. The van der Waals surface area contributed by atoms with Crippen LogP contribution < -0.4 is 10.1 Å². The summed E-state index contributed by atoms with van der Waals surface area (Å²) in [6.45, 7) is 5.71. The number of aryl methyl sites for hydroxylation is 4. The highest BCUT2D eigenvalue weighted by atomic mass is 79.9. The Balaban J connectivity index is 1.18. The number of carbonyl (C=O) groups excluding carboxylic acids is 2. The molecule has 2 N–H and O–H groups in total. The van der Waals surface area contributed by atoms with Crippen LogP contribution in [-0.2, 0) is 29.0 Å². The van der Waals surface area contributed by atoms with E-state index in [0.29, 0.717) is 40.8 Å². The molecule has 0 spiro atoms. The number of amides is 2. The van der Waals surface area contributed by atoms with E-state index in [1.807, 2.05) is 62.6 Å². The van der Waals surface area contributed by atoms with Crippen LogP contribution in [0.4, 0.5) is 5.82 Å². The van der Waals surface area contributed by atoms with Crippen molar-refractivity contribution >= 4 is 44.5 Å². The first kappa shape index (κ1) is 36.2. The molecule has 6 heterocycles. The van der Waals surface area contributed by atoms with Gasteiger partial charge in [0.1, 0.15) is 28.8 Å². The van der Waals surface area contributed by atoms with Crippen molar-refractivity contribution in [2.24, 2.45) is 5.41 Å². The van der Waals surface area contributed by atoms with Crippen LogP contribution in [0.1, 0.15) is 86.3 Å². The van der Waals surface area contributed by atoms with E-state index in [2.05, 4.69) is 42.3 Å². The minimum absolute atomic E-state index is 0.0851. The van der Waals surface area contributed by atoms with Gasteiger partial charge < -0.3 is 20.1 Å². The molecular weight excluding hydrogens is 748 g/mol. The Morgan fingerprint density at radius 3 is 2.57 bits per heavy atom. The molecule has 4 aromatic heterocycles. The molecule has 1 aliphatic carbocycles. The molecule has 3 aliphatic rings. The summed E-state index contributed by atoms with van der Waals surface area (Å²) in [6.07, 6.45) is 10.8. The Kier molecular flexibility index (Phi) is 9.95. The number of ether oxygens (including phenoxy) is 1. The highest BCUT2D eigenvalue weighted by Gasteiger charge is 2.67. The molecule has 5 aromatic rings. The number of aromatic nitrogens is 6. The lowest BCUT2D eigenvalue weighted by Gasteiger charge is -2.27. The Hall–Kier alpha value is -4.75. The first-order chi connectivity index (χ1) is 26.1. The lowest BCUT2D eigenvalue weighted by Crippen LogP contribution is -2.47. The van der Waals surface area contributed by atoms with Crippen molar-refractivity contribution in [3.05, 3.63) is 87.8 Å². The molecule has 280 valence electrons. The van der Waals surface area contributed by atoms with Gasteiger partial charge in [-0.05, 0) is 116 Å². The van der Waals surface area contributed by atoms with Crippen molar-refractivity contribution in [3.63, 3.8) is 0 Å². The van der Waals surface area contributed by atoms with Crippen molar-refractivity contribution in [1.82, 2.24) is 34.6 Å². The Morgan fingerprint density at radius 2 is 1.78 bits per heavy atom. The van der Waals surface area contributed by atoms with Crippen molar-refractivity contribution < 1.29 is 19.4 Å². The van der Waals surface area contributed by atoms with Crippen molar-refractivity contribution in [1.29, 1.82) is 0 Å². The fourth-order valence-electron chi connectivity index (χ4n) is 8.26. The Morgan fingerprint density at radius 1 is 1.00 bits per heavy atom. The van der Waals surface area contributed by atoms with Crippen molar-refractivity contribution in [3.8, 4) is 17.0 Å². The second-order valence-electron chi connectivity index (χ2n) is 15.2. The van der Waals surface area contributed by atoms with Crippen LogP contribution in [0, 0.1) is 19.3 Å². The first-order valence-corrected chi connectivity index (χ1v) is 19.7. The molecule has 12 nitrogen and oxygen atoms in total. The van der Waals surface area contributed by atoms with Gasteiger partial charge in [-0.15, -0.1) is 0 Å². The number of nitrogens with one attached hydrogen (secondary N) is 1. The molecule has 2 amide bonds. The number of aliphatic hydroxyl groups is 1. The van der Waals surface area contributed by atoms with Gasteiger partial charge in [0.05, 0.1) is 23.9 Å². The second kappa shape index (κ2) is 14.8. The van der Waals surface area contributed by atoms with E-state index in [1.54, 1.807) is 16.5 Å². The lowest BCUT2D eigenvalue weighted by atomic mass is 9.96. The number of carbonyl (C=O) groups is 2. The summed E-state index contributed by atoms with van der Waals surface area (Å²) >= 11 is 3.42. The normalized spacial score (nSPS) is 22.3. The number of rotatable bonds is 4. The van der Waals surface area contributed by atoms with Gasteiger partial charge in [0.2, 0.25) is 17.7 Å². The van der Waals surface area contributed by atoms with Crippen LogP contribution in [0.5, 0.6) is 5.88 Å². The monoisotopic (exact) mass is 792 g/mol. The van der Waals surface area contributed by atoms with Crippen LogP contribution in [0.25, 0.3) is 22.0 Å². The number of hydrogen-bond donors (Lipinski definition) is 2. The quantitative estimate of drug-likeness (QED) is 0.187. The van der Waals surface area contributed by atoms with E-state index in [0.717, 1.165) is 90.2 Å². The molecule has 13 heteroatoms. The summed E-state index contributed by atoms with van der Waals surface area (Å²) in [4.78, 5) is 48.8. The average Bonchev–Trinajstić information content (AvgIpc) is 3.56. The fraction of sp³-hybridized carbons (Fsp3) is 0.439. The standard InChI is InChI=1S/C41H45BrN8O4/c1-24-14-15-34(42)46-39(24)47-40(53)32-18-41-19-33(41)50(32)36(52)22-49-38-27(10-7-5-4-6-8-11-30-12-9-13-35(45-30)54-23-41)16-28(29-20-43-26(3)44-21-29)17-31(38)37(48-49)25(2)51/h9,12-17,20-21,25,32-33,51H,4-8,10-11,18-19,22-23H2,1-3H3,(H,46,47,53)/t25?,32-,33+,41-/m0/s1. The predicted octanol–water partition coefficient (Wildman–Crippen LogP) is 6.84. The van der Waals surface area contributed by atoms with Crippen molar-refractivity contribution in [2.45, 2.75) is 103 Å². The average molecular weight is 794 g/mol. The molecule has 2 fully saturated rings. The third-order valence-corrected chi connectivity index (χ3v) is 11.7. The van der Waals surface area contributed by atoms with Crippen LogP contribution in [0.2, 0.25) is 0 Å². The smallest absolute Gasteiger partial charge is 0.248 e. The van der Waals surface area contributed by atoms with E-state index in [1.165, 1.54) is 0 Å². The number of pyridine rings is 2. The largest absolute Gasteiger partial charge is 0.477 e. The maximum atomic E-state index is 14.7. The van der Waals surface area contributed by atoms with Crippen LogP contribution in [0.3, 0.4) is 0 Å². The van der Waals surface area contributed by atoms with E-state index >= 15 is 0 Å². The molecule has 1 saturated heterocycles. The summed E-state index contributed by atoms with van der Waals surface area (Å²) in [5, 5.41) is 19.7. The topological polar surface area (TPSA) is 148 Å².